The molecule has 1 saturated carbocycles. The number of methoxy groups -OCH3 is 1. The van der Waals surface area contributed by atoms with Crippen molar-refractivity contribution in [1.29, 1.82) is 0 Å². The van der Waals surface area contributed by atoms with E-state index in [9.17, 15) is 22.8 Å². The molecule has 0 radical (unpaired) electrons. The first-order chi connectivity index (χ1) is 15.4. The van der Waals surface area contributed by atoms with Gasteiger partial charge in [-0.3, -0.25) is 14.3 Å². The predicted molar refractivity (Wildman–Crippen MR) is 103 cm³/mol. The van der Waals surface area contributed by atoms with Crippen LogP contribution in [-0.2, 0) is 11.8 Å². The first-order valence-electron chi connectivity index (χ1n) is 9.82. The van der Waals surface area contributed by atoms with E-state index in [2.05, 4.69) is 15.6 Å². The normalized spacial score (nSPS) is 21.7. The van der Waals surface area contributed by atoms with Crippen molar-refractivity contribution in [2.24, 2.45) is 12.5 Å². The van der Waals surface area contributed by atoms with Crippen LogP contribution in [0.4, 0.5) is 13.2 Å². The van der Waals surface area contributed by atoms with E-state index >= 15 is 0 Å². The van der Waals surface area contributed by atoms with E-state index in [0.29, 0.717) is 24.5 Å². The van der Waals surface area contributed by atoms with Crippen molar-refractivity contribution in [2.75, 3.05) is 20.2 Å². The minimum absolute atomic E-state index is 0.0899. The topological polar surface area (TPSA) is 140 Å². The highest BCUT2D eigenvalue weighted by Gasteiger charge is 2.50. The van der Waals surface area contributed by atoms with Crippen LogP contribution in [0.25, 0.3) is 0 Å². The summed E-state index contributed by atoms with van der Waals surface area (Å²) in [6.07, 6.45) is 0.866. The van der Waals surface area contributed by atoms with Crippen LogP contribution in [0.1, 0.15) is 40.2 Å². The molecule has 3 heterocycles. The van der Waals surface area contributed by atoms with Gasteiger partial charge in [0, 0.05) is 32.4 Å². The summed E-state index contributed by atoms with van der Waals surface area (Å²) in [5.41, 5.74) is 0.656. The molecule has 0 unspecified atom stereocenters. The molecule has 2 amide bonds. The second-order valence-electron chi connectivity index (χ2n) is 7.99. The second kappa shape index (κ2) is 9.11. The van der Waals surface area contributed by atoms with E-state index in [1.54, 1.807) is 29.0 Å². The maximum atomic E-state index is 12.5. The number of hydrogen-bond acceptors (Lipinski definition) is 7. The predicted octanol–water partition coefficient (Wildman–Crippen LogP) is 1.47. The number of halogens is 3. The van der Waals surface area contributed by atoms with Gasteiger partial charge in [-0.2, -0.15) is 18.3 Å². The van der Waals surface area contributed by atoms with Crippen LogP contribution < -0.4 is 10.1 Å². The zero-order chi connectivity index (χ0) is 24.4. The molecule has 1 aliphatic heterocycles. The maximum absolute atomic E-state index is 12.5. The number of likely N-dealkylation sites (tertiary alicyclic amines) is 1. The minimum Gasteiger partial charge on any atom is -0.479 e. The molecule has 2 aromatic heterocycles. The van der Waals surface area contributed by atoms with Gasteiger partial charge in [0.15, 0.2) is 0 Å². The van der Waals surface area contributed by atoms with Crippen molar-refractivity contribution in [3.05, 3.63) is 29.8 Å². The molecule has 0 aromatic carbocycles. The zero-order valence-electron chi connectivity index (χ0n) is 17.8. The molecular formula is C19H22F3N5O6. The molecule has 1 saturated heterocycles. The van der Waals surface area contributed by atoms with Crippen molar-refractivity contribution in [1.82, 2.24) is 25.2 Å². The van der Waals surface area contributed by atoms with Crippen LogP contribution in [-0.4, -0.2) is 75.1 Å². The summed E-state index contributed by atoms with van der Waals surface area (Å²) >= 11 is 0. The second-order valence-corrected chi connectivity index (χ2v) is 7.99. The van der Waals surface area contributed by atoms with Crippen LogP contribution in [0.3, 0.4) is 0 Å². The van der Waals surface area contributed by atoms with Gasteiger partial charge in [0.2, 0.25) is 5.76 Å². The lowest BCUT2D eigenvalue weighted by atomic mass is 9.65. The third-order valence-electron chi connectivity index (χ3n) is 5.54. The molecule has 2 aliphatic rings. The summed E-state index contributed by atoms with van der Waals surface area (Å²) in [7, 11) is 3.26. The van der Waals surface area contributed by atoms with Crippen LogP contribution in [0.5, 0.6) is 5.88 Å². The highest BCUT2D eigenvalue weighted by atomic mass is 19.4. The van der Waals surface area contributed by atoms with Gasteiger partial charge in [-0.05, 0) is 29.8 Å². The molecule has 4 rings (SSSR count). The fourth-order valence-electron chi connectivity index (χ4n) is 3.95. The molecule has 2 aromatic rings. The number of amides is 2. The third-order valence-corrected chi connectivity index (χ3v) is 5.54. The van der Waals surface area contributed by atoms with Gasteiger partial charge in [-0.25, -0.2) is 4.79 Å². The van der Waals surface area contributed by atoms with E-state index in [1.807, 2.05) is 0 Å². The molecular weight excluding hydrogens is 451 g/mol. The number of rotatable bonds is 4. The van der Waals surface area contributed by atoms with Crippen LogP contribution >= 0.6 is 0 Å². The number of carboxylic acid groups (broad SMARTS) is 1. The Morgan fingerprint density at radius 1 is 1.33 bits per heavy atom. The van der Waals surface area contributed by atoms with Crippen LogP contribution in [0, 0.1) is 5.41 Å². The fourth-order valence-corrected chi connectivity index (χ4v) is 3.95. The van der Waals surface area contributed by atoms with Gasteiger partial charge in [-0.15, -0.1) is 0 Å². The molecule has 14 heteroatoms. The number of carbonyl (C=O) groups is 3. The average Bonchev–Trinajstić information content (AvgIpc) is 3.46. The Labute approximate surface area is 185 Å². The number of carboxylic acids is 1. The Hall–Kier alpha value is -3.58. The Morgan fingerprint density at radius 3 is 2.52 bits per heavy atom. The van der Waals surface area contributed by atoms with Gasteiger partial charge < -0.3 is 24.6 Å². The number of alkyl halides is 3. The summed E-state index contributed by atoms with van der Waals surface area (Å²) in [6.45, 7) is 1.36. The molecule has 180 valence electrons. The van der Waals surface area contributed by atoms with Crippen molar-refractivity contribution in [3.63, 3.8) is 0 Å². The molecule has 0 atom stereocenters. The Kier molecular flexibility index (Phi) is 6.65. The summed E-state index contributed by atoms with van der Waals surface area (Å²) in [5, 5.41) is 17.9. The lowest BCUT2D eigenvalue weighted by Gasteiger charge is -2.45. The first kappa shape index (κ1) is 24.1. The monoisotopic (exact) mass is 473 g/mol. The fraction of sp³-hybridized carbons (Fsp3) is 0.526. The third kappa shape index (κ3) is 5.62. The summed E-state index contributed by atoms with van der Waals surface area (Å²) in [4.78, 5) is 35.4. The van der Waals surface area contributed by atoms with E-state index < -0.39 is 12.1 Å². The van der Waals surface area contributed by atoms with Gasteiger partial charge in [0.05, 0.1) is 24.9 Å². The van der Waals surface area contributed by atoms with Crippen molar-refractivity contribution < 1.29 is 41.9 Å². The SMILES string of the molecule is COc1cc(C(=O)N2CCC3(CC(NC(=O)c4cnn(C)c4)C3)C2)on1.O=C(O)C(F)(F)F. The summed E-state index contributed by atoms with van der Waals surface area (Å²) in [5.74, 6) is -2.53. The van der Waals surface area contributed by atoms with E-state index in [1.165, 1.54) is 13.2 Å². The molecule has 0 bridgehead atoms. The molecule has 2 fully saturated rings. The largest absolute Gasteiger partial charge is 0.490 e. The number of carbonyl (C=O) groups excluding carboxylic acids is 2. The maximum Gasteiger partial charge on any atom is 0.490 e. The van der Waals surface area contributed by atoms with E-state index in [0.717, 1.165) is 19.3 Å². The number of nitrogens with zero attached hydrogens (tertiary/aromatic N) is 4. The molecule has 1 aliphatic carbocycles. The van der Waals surface area contributed by atoms with Crippen molar-refractivity contribution >= 4 is 17.8 Å². The van der Waals surface area contributed by atoms with Gasteiger partial charge in [0.25, 0.3) is 17.7 Å². The standard InChI is InChI=1S/C17H21N5O4.C2HF3O2/c1-21-9-11(8-18-21)15(23)19-12-6-17(7-12)3-4-22(10-17)16(24)13-5-14(25-2)20-26-13;3-2(4,5)1(6)7/h5,8-9,12H,3-4,6-7,10H2,1-2H3,(H,19,23);(H,6,7). The molecule has 33 heavy (non-hydrogen) atoms. The van der Waals surface area contributed by atoms with Gasteiger partial charge in [-0.1, -0.05) is 0 Å². The van der Waals surface area contributed by atoms with Crippen molar-refractivity contribution in [2.45, 2.75) is 31.5 Å². The number of aromatic nitrogens is 3. The van der Waals surface area contributed by atoms with Crippen molar-refractivity contribution in [3.8, 4) is 5.88 Å². The number of ether oxygens (including phenoxy) is 1. The van der Waals surface area contributed by atoms with Gasteiger partial charge in [0.1, 0.15) is 0 Å². The Bertz CT molecular complexity index is 1030. The highest BCUT2D eigenvalue weighted by molar-refractivity contribution is 5.94. The lowest BCUT2D eigenvalue weighted by Crippen LogP contribution is -2.52. The quantitative estimate of drug-likeness (QED) is 0.681. The highest BCUT2D eigenvalue weighted by Crippen LogP contribution is 2.48. The molecule has 11 nitrogen and oxygen atoms in total. The number of hydrogen-bond donors (Lipinski definition) is 2. The Balaban J connectivity index is 0.000000383. The lowest BCUT2D eigenvalue weighted by molar-refractivity contribution is -0.192. The van der Waals surface area contributed by atoms with Gasteiger partial charge >= 0.3 is 12.1 Å². The minimum atomic E-state index is -5.08. The number of nitrogens with one attached hydrogen (secondary N) is 1. The van der Waals surface area contributed by atoms with Crippen LogP contribution in [0.2, 0.25) is 0 Å². The van der Waals surface area contributed by atoms with E-state index in [4.69, 9.17) is 19.2 Å². The smallest absolute Gasteiger partial charge is 0.479 e. The number of aliphatic carboxylic acids is 1. The summed E-state index contributed by atoms with van der Waals surface area (Å²) < 4.78 is 43.3. The zero-order valence-corrected chi connectivity index (χ0v) is 17.8. The summed E-state index contributed by atoms with van der Waals surface area (Å²) in [6, 6.07) is 1.65. The first-order valence-corrected chi connectivity index (χ1v) is 9.82. The Morgan fingerprint density at radius 2 is 2.00 bits per heavy atom. The van der Waals surface area contributed by atoms with Crippen LogP contribution in [0.15, 0.2) is 23.0 Å². The number of aryl methyl sites for hydroxylation is 1. The van der Waals surface area contributed by atoms with E-state index in [-0.39, 0.29) is 29.0 Å². The molecule has 1 spiro atoms. The molecule has 2 N–H and O–H groups in total. The average molecular weight is 473 g/mol.